The zero-order chi connectivity index (χ0) is 27.4. The molecule has 0 saturated heterocycles. The molecule has 5 rings (SSSR count). The van der Waals surface area contributed by atoms with Crippen LogP contribution in [0.3, 0.4) is 0 Å². The van der Waals surface area contributed by atoms with Gasteiger partial charge in [-0.15, -0.1) is 0 Å². The van der Waals surface area contributed by atoms with Gasteiger partial charge in [0.2, 0.25) is 0 Å². The second kappa shape index (κ2) is 12.1. The van der Waals surface area contributed by atoms with Crippen molar-refractivity contribution < 1.29 is 23.8 Å². The average molecular weight is 530 g/mol. The molecule has 6 nitrogen and oxygen atoms in total. The van der Waals surface area contributed by atoms with E-state index in [9.17, 15) is 9.59 Å². The second-order valence-electron chi connectivity index (χ2n) is 10.9. The molecule has 6 heteroatoms. The standard InChI is InChI=1S/C33H39NO5/c1-4-18-38-26-16-12-23(13-17-26)31-30(33(36)39-27-8-6-5-7-9-27)21(2)34-28-19-24(20-29(35)32(28)31)22-10-14-25(37-3)15-11-22/h10-17,24,27,31,34H,4-9,18-20H2,1-3H3/t24-,31-/m1/s1. The number of carbonyl (C=O) groups excluding carboxylic acids is 2. The first-order chi connectivity index (χ1) is 19.0. The van der Waals surface area contributed by atoms with Gasteiger partial charge in [0.15, 0.2) is 5.78 Å². The third-order valence-corrected chi connectivity index (χ3v) is 8.15. The Labute approximate surface area is 231 Å². The molecule has 206 valence electrons. The second-order valence-corrected chi connectivity index (χ2v) is 10.9. The molecular formula is C33H39NO5. The zero-order valence-electron chi connectivity index (χ0n) is 23.3. The van der Waals surface area contributed by atoms with E-state index in [0.717, 1.165) is 66.1 Å². The highest BCUT2D eigenvalue weighted by Crippen LogP contribution is 2.46. The first-order valence-electron chi connectivity index (χ1n) is 14.3. The minimum Gasteiger partial charge on any atom is -0.497 e. The van der Waals surface area contributed by atoms with Crippen LogP contribution in [0.5, 0.6) is 11.5 Å². The van der Waals surface area contributed by atoms with Crippen molar-refractivity contribution >= 4 is 11.8 Å². The quantitative estimate of drug-likeness (QED) is 0.383. The summed E-state index contributed by atoms with van der Waals surface area (Å²) in [5.74, 6) is 0.912. The molecule has 2 aromatic rings. The number of allylic oxidation sites excluding steroid dienone is 3. The van der Waals surface area contributed by atoms with Crippen LogP contribution in [0.25, 0.3) is 0 Å². The molecule has 1 N–H and O–H groups in total. The first kappa shape index (κ1) is 27.0. The lowest BCUT2D eigenvalue weighted by atomic mass is 9.71. The van der Waals surface area contributed by atoms with Crippen LogP contribution in [0, 0.1) is 0 Å². The van der Waals surface area contributed by atoms with Crippen molar-refractivity contribution in [2.75, 3.05) is 13.7 Å². The van der Waals surface area contributed by atoms with Crippen LogP contribution in [0.15, 0.2) is 71.1 Å². The van der Waals surface area contributed by atoms with E-state index < -0.39 is 5.92 Å². The largest absolute Gasteiger partial charge is 0.497 e. The highest BCUT2D eigenvalue weighted by Gasteiger charge is 2.42. The normalized spacial score (nSPS) is 21.8. The van der Waals surface area contributed by atoms with E-state index in [4.69, 9.17) is 14.2 Å². The van der Waals surface area contributed by atoms with Crippen LogP contribution in [-0.4, -0.2) is 31.6 Å². The van der Waals surface area contributed by atoms with Gasteiger partial charge in [0, 0.05) is 29.3 Å². The van der Waals surface area contributed by atoms with Gasteiger partial charge in [0.05, 0.1) is 19.3 Å². The number of benzene rings is 2. The lowest BCUT2D eigenvalue weighted by molar-refractivity contribution is -0.146. The Morgan fingerprint density at radius 2 is 1.59 bits per heavy atom. The van der Waals surface area contributed by atoms with E-state index in [-0.39, 0.29) is 23.8 Å². The molecule has 1 heterocycles. The molecular weight excluding hydrogens is 490 g/mol. The number of Topliss-reactive ketones (excluding diaryl/α,β-unsaturated/α-hetero) is 1. The first-order valence-corrected chi connectivity index (χ1v) is 14.3. The predicted molar refractivity (Wildman–Crippen MR) is 151 cm³/mol. The summed E-state index contributed by atoms with van der Waals surface area (Å²) in [7, 11) is 1.65. The highest BCUT2D eigenvalue weighted by atomic mass is 16.5. The summed E-state index contributed by atoms with van der Waals surface area (Å²) in [4.78, 5) is 27.6. The van der Waals surface area contributed by atoms with Gasteiger partial charge in [-0.25, -0.2) is 4.79 Å². The third kappa shape index (κ3) is 5.90. The summed E-state index contributed by atoms with van der Waals surface area (Å²) in [6, 6.07) is 15.8. The predicted octanol–water partition coefficient (Wildman–Crippen LogP) is 6.72. The lowest BCUT2D eigenvalue weighted by Gasteiger charge is -2.37. The summed E-state index contributed by atoms with van der Waals surface area (Å²) in [5.41, 5.74) is 4.89. The van der Waals surface area contributed by atoms with E-state index >= 15 is 0 Å². The topological polar surface area (TPSA) is 73.9 Å². The van der Waals surface area contributed by atoms with Crippen molar-refractivity contribution in [2.45, 2.75) is 83.2 Å². The van der Waals surface area contributed by atoms with Crippen molar-refractivity contribution in [3.05, 3.63) is 82.2 Å². The fourth-order valence-electron chi connectivity index (χ4n) is 6.13. The van der Waals surface area contributed by atoms with Crippen LogP contribution in [0.2, 0.25) is 0 Å². The number of ether oxygens (including phenoxy) is 3. The van der Waals surface area contributed by atoms with Gasteiger partial charge >= 0.3 is 5.97 Å². The molecule has 0 bridgehead atoms. The number of methoxy groups -OCH3 is 1. The van der Waals surface area contributed by atoms with Crippen molar-refractivity contribution in [1.82, 2.24) is 5.32 Å². The monoisotopic (exact) mass is 529 g/mol. The Morgan fingerprint density at radius 1 is 0.923 bits per heavy atom. The number of esters is 1. The lowest BCUT2D eigenvalue weighted by Crippen LogP contribution is -2.37. The Balaban J connectivity index is 1.49. The van der Waals surface area contributed by atoms with Gasteiger partial charge in [-0.3, -0.25) is 4.79 Å². The molecule has 0 spiro atoms. The molecule has 1 fully saturated rings. The Kier molecular flexibility index (Phi) is 8.39. The van der Waals surface area contributed by atoms with Gasteiger partial charge in [-0.1, -0.05) is 37.6 Å². The van der Waals surface area contributed by atoms with Gasteiger partial charge in [0.1, 0.15) is 17.6 Å². The molecule has 3 aliphatic rings. The van der Waals surface area contributed by atoms with E-state index in [1.165, 1.54) is 6.42 Å². The van der Waals surface area contributed by atoms with Crippen molar-refractivity contribution in [3.8, 4) is 11.5 Å². The van der Waals surface area contributed by atoms with E-state index in [0.29, 0.717) is 30.6 Å². The van der Waals surface area contributed by atoms with Gasteiger partial charge in [0.25, 0.3) is 0 Å². The SMILES string of the molecule is CCCOc1ccc([C@@H]2C(C(=O)OC3CCCCC3)=C(C)NC3=C2C(=O)C[C@H](c2ccc(OC)cc2)C3)cc1. The maximum absolute atomic E-state index is 13.9. The molecule has 2 aromatic carbocycles. The van der Waals surface area contributed by atoms with Gasteiger partial charge in [-0.2, -0.15) is 0 Å². The Hall–Kier alpha value is -3.54. The molecule has 2 atom stereocenters. The summed E-state index contributed by atoms with van der Waals surface area (Å²) in [6.07, 6.45) is 7.10. The van der Waals surface area contributed by atoms with Crippen molar-refractivity contribution in [1.29, 1.82) is 0 Å². The maximum atomic E-state index is 13.9. The van der Waals surface area contributed by atoms with Gasteiger partial charge in [-0.05, 0) is 86.8 Å². The van der Waals surface area contributed by atoms with E-state index in [1.54, 1.807) is 7.11 Å². The minimum absolute atomic E-state index is 0.0590. The molecule has 0 unspecified atom stereocenters. The van der Waals surface area contributed by atoms with E-state index in [1.807, 2.05) is 55.5 Å². The minimum atomic E-state index is -0.470. The summed E-state index contributed by atoms with van der Waals surface area (Å²) in [5, 5.41) is 3.47. The Bertz CT molecular complexity index is 1250. The van der Waals surface area contributed by atoms with Crippen LogP contribution in [-0.2, 0) is 14.3 Å². The number of hydrogen-bond donors (Lipinski definition) is 1. The van der Waals surface area contributed by atoms with Gasteiger partial charge < -0.3 is 19.5 Å². The van der Waals surface area contributed by atoms with Crippen LogP contribution < -0.4 is 14.8 Å². The van der Waals surface area contributed by atoms with Crippen molar-refractivity contribution in [2.24, 2.45) is 0 Å². The fraction of sp³-hybridized carbons (Fsp3) is 0.455. The van der Waals surface area contributed by atoms with Crippen LogP contribution in [0.4, 0.5) is 0 Å². The molecule has 0 amide bonds. The zero-order valence-corrected chi connectivity index (χ0v) is 23.3. The number of hydrogen-bond acceptors (Lipinski definition) is 6. The molecule has 0 radical (unpaired) electrons. The third-order valence-electron chi connectivity index (χ3n) is 8.15. The summed E-state index contributed by atoms with van der Waals surface area (Å²) >= 11 is 0. The Morgan fingerprint density at radius 3 is 2.26 bits per heavy atom. The number of carbonyl (C=O) groups is 2. The molecule has 0 aromatic heterocycles. The number of nitrogens with one attached hydrogen (secondary N) is 1. The van der Waals surface area contributed by atoms with Crippen LogP contribution >= 0.6 is 0 Å². The smallest absolute Gasteiger partial charge is 0.337 e. The summed E-state index contributed by atoms with van der Waals surface area (Å²) in [6.45, 7) is 4.64. The fourth-order valence-corrected chi connectivity index (χ4v) is 6.13. The number of dihydropyridines is 1. The molecule has 1 saturated carbocycles. The average Bonchev–Trinajstić information content (AvgIpc) is 2.96. The maximum Gasteiger partial charge on any atom is 0.337 e. The van der Waals surface area contributed by atoms with Crippen LogP contribution in [0.1, 0.15) is 88.2 Å². The number of rotatable bonds is 8. The van der Waals surface area contributed by atoms with E-state index in [2.05, 4.69) is 12.2 Å². The summed E-state index contributed by atoms with van der Waals surface area (Å²) < 4.78 is 17.2. The number of ketones is 1. The molecule has 2 aliphatic carbocycles. The van der Waals surface area contributed by atoms with Crippen molar-refractivity contribution in [3.63, 3.8) is 0 Å². The molecule has 39 heavy (non-hydrogen) atoms. The highest BCUT2D eigenvalue weighted by molar-refractivity contribution is 6.04. The molecule has 1 aliphatic heterocycles.